The quantitative estimate of drug-likeness (QED) is 0.129. The second-order valence-corrected chi connectivity index (χ2v) is 12.9. The number of Topliss-reactive ketones (excluding diaryl/α,β-unsaturated/α-hetero) is 2. The molecule has 0 spiro atoms. The van der Waals surface area contributed by atoms with Crippen molar-refractivity contribution in [2.45, 2.75) is 71.4 Å². The van der Waals surface area contributed by atoms with Gasteiger partial charge in [-0.05, 0) is 46.6 Å². The van der Waals surface area contributed by atoms with E-state index in [-0.39, 0.29) is 25.9 Å². The van der Waals surface area contributed by atoms with Crippen LogP contribution in [-0.4, -0.2) is 47.8 Å². The summed E-state index contributed by atoms with van der Waals surface area (Å²) in [7, 11) is 0. The predicted octanol–water partition coefficient (Wildman–Crippen LogP) is 4.21. The Balaban J connectivity index is 1.32. The van der Waals surface area contributed by atoms with Crippen LogP contribution in [0.2, 0.25) is 0 Å². The van der Waals surface area contributed by atoms with Gasteiger partial charge in [0.15, 0.2) is 5.78 Å². The summed E-state index contributed by atoms with van der Waals surface area (Å²) in [4.78, 5) is 77.4. The second-order valence-electron chi connectivity index (χ2n) is 12.9. The molecule has 3 aromatic carbocycles. The number of primary amides is 1. The molecular formula is C38H45N3O7. The monoisotopic (exact) mass is 655 g/mol. The molecule has 1 unspecified atom stereocenters. The lowest BCUT2D eigenvalue weighted by Gasteiger charge is -2.25. The molecule has 1 saturated carbocycles. The van der Waals surface area contributed by atoms with Crippen LogP contribution in [0, 0.1) is 23.7 Å². The second kappa shape index (κ2) is 17.3. The minimum absolute atomic E-state index is 0.0912. The predicted molar refractivity (Wildman–Crippen MR) is 181 cm³/mol. The summed E-state index contributed by atoms with van der Waals surface area (Å²) in [5.74, 6) is -5.57. The number of benzene rings is 3. The SMILES string of the molecule is CC[C@H](C)C(NC(=O)[C@@H](CC(=O)OCc1ccccc1)CC1CC1)C(=O)C(=O)NCC(=O)C[C@@H](Cc1ccc2ccccc2c1)C(N)=O. The Hall–Kier alpha value is -4.86. The molecule has 48 heavy (non-hydrogen) atoms. The topological polar surface area (TPSA) is 162 Å². The molecule has 0 heterocycles. The average molecular weight is 656 g/mol. The molecule has 10 heteroatoms. The summed E-state index contributed by atoms with van der Waals surface area (Å²) in [6, 6.07) is 21.6. The molecule has 10 nitrogen and oxygen atoms in total. The van der Waals surface area contributed by atoms with Crippen LogP contribution >= 0.6 is 0 Å². The number of fused-ring (bicyclic) bond motifs is 1. The summed E-state index contributed by atoms with van der Waals surface area (Å²) >= 11 is 0. The number of esters is 1. The number of hydrogen-bond acceptors (Lipinski definition) is 7. The number of ketones is 2. The van der Waals surface area contributed by atoms with Crippen molar-refractivity contribution in [3.8, 4) is 0 Å². The van der Waals surface area contributed by atoms with E-state index in [1.807, 2.05) is 79.7 Å². The van der Waals surface area contributed by atoms with Gasteiger partial charge >= 0.3 is 5.97 Å². The molecule has 0 bridgehead atoms. The van der Waals surface area contributed by atoms with Crippen molar-refractivity contribution in [2.24, 2.45) is 29.4 Å². The Morgan fingerprint density at radius 1 is 0.854 bits per heavy atom. The number of amides is 3. The third kappa shape index (κ3) is 10.9. The first kappa shape index (κ1) is 36.0. The zero-order valence-corrected chi connectivity index (χ0v) is 27.6. The molecule has 4 N–H and O–H groups in total. The molecule has 3 amide bonds. The van der Waals surface area contributed by atoms with Gasteiger partial charge in [0.05, 0.1) is 19.0 Å². The molecule has 0 aliphatic heterocycles. The fraction of sp³-hybridized carbons (Fsp3) is 0.421. The van der Waals surface area contributed by atoms with E-state index >= 15 is 0 Å². The van der Waals surface area contributed by atoms with E-state index in [2.05, 4.69) is 10.6 Å². The van der Waals surface area contributed by atoms with Crippen LogP contribution in [0.25, 0.3) is 10.8 Å². The molecule has 0 radical (unpaired) electrons. The highest BCUT2D eigenvalue weighted by molar-refractivity contribution is 6.38. The third-order valence-corrected chi connectivity index (χ3v) is 8.98. The maximum absolute atomic E-state index is 13.4. The number of nitrogens with one attached hydrogen (secondary N) is 2. The fourth-order valence-electron chi connectivity index (χ4n) is 5.69. The zero-order chi connectivity index (χ0) is 34.6. The average Bonchev–Trinajstić information content (AvgIpc) is 3.91. The number of nitrogens with two attached hydrogens (primary N) is 1. The highest BCUT2D eigenvalue weighted by Crippen LogP contribution is 2.36. The van der Waals surface area contributed by atoms with Gasteiger partial charge in [-0.1, -0.05) is 106 Å². The molecule has 254 valence electrons. The van der Waals surface area contributed by atoms with Crippen molar-refractivity contribution >= 4 is 46.0 Å². The van der Waals surface area contributed by atoms with Crippen molar-refractivity contribution in [3.05, 3.63) is 83.9 Å². The van der Waals surface area contributed by atoms with Gasteiger partial charge < -0.3 is 21.1 Å². The first-order chi connectivity index (χ1) is 23.0. The van der Waals surface area contributed by atoms with Gasteiger partial charge in [0.2, 0.25) is 17.6 Å². The molecule has 3 aromatic rings. The van der Waals surface area contributed by atoms with E-state index in [9.17, 15) is 28.8 Å². The van der Waals surface area contributed by atoms with Crippen molar-refractivity contribution in [1.29, 1.82) is 0 Å². The van der Waals surface area contributed by atoms with Crippen LogP contribution in [0.15, 0.2) is 72.8 Å². The van der Waals surface area contributed by atoms with Crippen LogP contribution in [0.5, 0.6) is 0 Å². The van der Waals surface area contributed by atoms with Gasteiger partial charge in [0.1, 0.15) is 6.61 Å². The van der Waals surface area contributed by atoms with Crippen molar-refractivity contribution in [1.82, 2.24) is 10.6 Å². The Kier molecular flexibility index (Phi) is 13.0. The molecule has 0 saturated heterocycles. The number of rotatable bonds is 19. The van der Waals surface area contributed by atoms with Gasteiger partial charge in [0, 0.05) is 18.3 Å². The summed E-state index contributed by atoms with van der Waals surface area (Å²) in [6.45, 7) is 3.20. The molecule has 1 aliphatic carbocycles. The maximum atomic E-state index is 13.4. The normalized spacial score (nSPS) is 15.0. The number of ether oxygens (including phenoxy) is 1. The lowest BCUT2D eigenvalue weighted by molar-refractivity contribution is -0.148. The highest BCUT2D eigenvalue weighted by atomic mass is 16.5. The Morgan fingerprint density at radius 2 is 1.54 bits per heavy atom. The van der Waals surface area contributed by atoms with Gasteiger partial charge in [-0.25, -0.2) is 0 Å². The van der Waals surface area contributed by atoms with Gasteiger partial charge in [-0.3, -0.25) is 28.8 Å². The molecule has 4 atom stereocenters. The molecule has 1 fully saturated rings. The van der Waals surface area contributed by atoms with Gasteiger partial charge in [-0.2, -0.15) is 0 Å². The Bertz CT molecular complexity index is 1620. The molecular weight excluding hydrogens is 610 g/mol. The highest BCUT2D eigenvalue weighted by Gasteiger charge is 2.36. The zero-order valence-electron chi connectivity index (χ0n) is 27.6. The third-order valence-electron chi connectivity index (χ3n) is 8.98. The van der Waals surface area contributed by atoms with Crippen molar-refractivity contribution in [3.63, 3.8) is 0 Å². The smallest absolute Gasteiger partial charge is 0.306 e. The lowest BCUT2D eigenvalue weighted by atomic mass is 9.91. The Labute approximate surface area is 281 Å². The maximum Gasteiger partial charge on any atom is 0.306 e. The molecule has 0 aromatic heterocycles. The van der Waals surface area contributed by atoms with Crippen LogP contribution in [0.1, 0.15) is 63.5 Å². The van der Waals surface area contributed by atoms with Crippen LogP contribution in [-0.2, 0) is 46.5 Å². The first-order valence-electron chi connectivity index (χ1n) is 16.6. The van der Waals surface area contributed by atoms with Crippen molar-refractivity contribution in [2.75, 3.05) is 6.54 Å². The van der Waals surface area contributed by atoms with E-state index in [0.717, 1.165) is 34.7 Å². The van der Waals surface area contributed by atoms with Gasteiger partial charge in [-0.15, -0.1) is 0 Å². The number of hydrogen-bond donors (Lipinski definition) is 3. The lowest BCUT2D eigenvalue weighted by Crippen LogP contribution is -2.52. The summed E-state index contributed by atoms with van der Waals surface area (Å²) in [5, 5.41) is 7.15. The van der Waals surface area contributed by atoms with Crippen LogP contribution < -0.4 is 16.4 Å². The largest absolute Gasteiger partial charge is 0.461 e. The van der Waals surface area contributed by atoms with Crippen LogP contribution in [0.3, 0.4) is 0 Å². The summed E-state index contributed by atoms with van der Waals surface area (Å²) in [6.07, 6.45) is 2.81. The Morgan fingerprint density at radius 3 is 2.21 bits per heavy atom. The van der Waals surface area contributed by atoms with E-state index in [0.29, 0.717) is 18.8 Å². The van der Waals surface area contributed by atoms with Crippen LogP contribution in [0.4, 0.5) is 0 Å². The summed E-state index contributed by atoms with van der Waals surface area (Å²) < 4.78 is 5.41. The van der Waals surface area contributed by atoms with E-state index < -0.39 is 65.6 Å². The minimum Gasteiger partial charge on any atom is -0.461 e. The fourth-order valence-corrected chi connectivity index (χ4v) is 5.69. The van der Waals surface area contributed by atoms with E-state index in [1.165, 1.54) is 0 Å². The number of carbonyl (C=O) groups excluding carboxylic acids is 6. The minimum atomic E-state index is -1.15. The summed E-state index contributed by atoms with van der Waals surface area (Å²) in [5.41, 5.74) is 7.29. The van der Waals surface area contributed by atoms with Gasteiger partial charge in [0.25, 0.3) is 5.91 Å². The first-order valence-corrected chi connectivity index (χ1v) is 16.6. The molecule has 1 aliphatic rings. The van der Waals surface area contributed by atoms with E-state index in [4.69, 9.17) is 10.5 Å². The van der Waals surface area contributed by atoms with Crippen molar-refractivity contribution < 1.29 is 33.5 Å². The molecule has 4 rings (SSSR count). The standard InChI is InChI=1S/C38H45N3O7/c1-3-24(2)34(41-37(46)31(17-25-13-14-25)21-33(43)48-23-26-9-5-4-6-10-26)35(44)38(47)40-22-32(42)20-30(36(39)45)19-27-15-16-28-11-7-8-12-29(28)18-27/h4-12,15-16,18,24-25,30-31,34H,3,13-14,17,19-23H2,1-2H3,(H2,39,45)(H,40,47)(H,41,46)/t24-,30+,31+,34?/m0/s1. The number of carbonyl (C=O) groups is 6. The van der Waals surface area contributed by atoms with E-state index in [1.54, 1.807) is 6.92 Å².